The molecular weight excluding hydrogens is 472 g/mol. The molecule has 0 saturated heterocycles. The molecule has 1 amide bonds. The molecule has 180 valence electrons. The molecule has 5 rings (SSSR count). The minimum Gasteiger partial charge on any atom is -0.505 e. The molecule has 0 atom stereocenters. The van der Waals surface area contributed by atoms with Gasteiger partial charge in [0.1, 0.15) is 23.1 Å². The predicted molar refractivity (Wildman–Crippen MR) is 135 cm³/mol. The molecule has 0 saturated carbocycles. The van der Waals surface area contributed by atoms with E-state index in [1.807, 2.05) is 6.07 Å². The van der Waals surface area contributed by atoms with Gasteiger partial charge in [-0.15, -0.1) is 10.2 Å². The number of nitrogens with one attached hydrogen (secondary N) is 1. The Labute approximate surface area is 210 Å². The zero-order valence-electron chi connectivity index (χ0n) is 19.4. The number of fused-ring (bicyclic) bond motifs is 1. The van der Waals surface area contributed by atoms with Gasteiger partial charge in [0.25, 0.3) is 11.9 Å². The molecule has 0 unspecified atom stereocenters. The highest BCUT2D eigenvalue weighted by Gasteiger charge is 2.20. The molecular formula is C26H18N8O3. The van der Waals surface area contributed by atoms with Gasteiger partial charge in [0.05, 0.1) is 24.6 Å². The van der Waals surface area contributed by atoms with Crippen molar-refractivity contribution in [2.24, 2.45) is 10.2 Å². The fourth-order valence-corrected chi connectivity index (χ4v) is 3.69. The van der Waals surface area contributed by atoms with Gasteiger partial charge in [0.15, 0.2) is 11.6 Å². The molecule has 11 heteroatoms. The largest absolute Gasteiger partial charge is 0.505 e. The van der Waals surface area contributed by atoms with Crippen molar-refractivity contribution in [3.8, 4) is 23.5 Å². The van der Waals surface area contributed by atoms with Gasteiger partial charge in [0, 0.05) is 17.8 Å². The summed E-state index contributed by atoms with van der Waals surface area (Å²) in [6.07, 6.45) is 4.38. The summed E-state index contributed by atoms with van der Waals surface area (Å²) < 4.78 is 6.56. The molecule has 0 spiro atoms. The fourth-order valence-electron chi connectivity index (χ4n) is 3.69. The monoisotopic (exact) mass is 490 g/mol. The molecule has 2 aromatic heterocycles. The summed E-state index contributed by atoms with van der Waals surface area (Å²) in [5.41, 5.74) is 0.606. The van der Waals surface area contributed by atoms with Crippen molar-refractivity contribution >= 4 is 33.9 Å². The number of rotatable bonds is 6. The second kappa shape index (κ2) is 9.93. The Bertz CT molecular complexity index is 1690. The summed E-state index contributed by atoms with van der Waals surface area (Å²) in [5, 5.41) is 37.3. The van der Waals surface area contributed by atoms with Crippen LogP contribution in [0.25, 0.3) is 16.7 Å². The SMILES string of the molecule is COc1ccccc1NC(=O)c1cc2ccccc2c(N=Nc2c(C#N)cnn2-c2ncccn2)c1O. The number of phenols is 1. The molecule has 0 fully saturated rings. The molecule has 2 N–H and O–H groups in total. The summed E-state index contributed by atoms with van der Waals surface area (Å²) in [6.45, 7) is 0. The van der Waals surface area contributed by atoms with Gasteiger partial charge in [-0.05, 0) is 29.7 Å². The first-order valence-corrected chi connectivity index (χ1v) is 11.0. The van der Waals surface area contributed by atoms with Gasteiger partial charge in [-0.3, -0.25) is 4.79 Å². The molecule has 0 aliphatic rings. The minimum atomic E-state index is -0.565. The molecule has 37 heavy (non-hydrogen) atoms. The van der Waals surface area contributed by atoms with E-state index >= 15 is 0 Å². The number of azo groups is 1. The number of phenolic OH excluding ortho intramolecular Hbond substituents is 1. The summed E-state index contributed by atoms with van der Waals surface area (Å²) in [6, 6.07) is 19.3. The van der Waals surface area contributed by atoms with Crippen LogP contribution < -0.4 is 10.1 Å². The molecule has 3 aromatic carbocycles. The van der Waals surface area contributed by atoms with Gasteiger partial charge in [-0.25, -0.2) is 9.97 Å². The van der Waals surface area contributed by atoms with E-state index in [2.05, 4.69) is 30.6 Å². The van der Waals surface area contributed by atoms with Crippen molar-refractivity contribution in [2.45, 2.75) is 0 Å². The van der Waals surface area contributed by atoms with Crippen LogP contribution in [0.1, 0.15) is 15.9 Å². The average Bonchev–Trinajstić information content (AvgIpc) is 3.36. The number of benzene rings is 3. The summed E-state index contributed by atoms with van der Waals surface area (Å²) in [4.78, 5) is 21.5. The molecule has 5 aromatic rings. The zero-order chi connectivity index (χ0) is 25.8. The van der Waals surface area contributed by atoms with Crippen LogP contribution in [-0.2, 0) is 0 Å². The van der Waals surface area contributed by atoms with Gasteiger partial charge in [-0.1, -0.05) is 36.4 Å². The number of nitrogens with zero attached hydrogens (tertiary/aromatic N) is 7. The number of amides is 1. The highest BCUT2D eigenvalue weighted by atomic mass is 16.5. The van der Waals surface area contributed by atoms with E-state index in [1.54, 1.807) is 60.7 Å². The number of anilines is 1. The fraction of sp³-hybridized carbons (Fsp3) is 0.0385. The third kappa shape index (κ3) is 4.42. The van der Waals surface area contributed by atoms with E-state index in [1.165, 1.54) is 30.4 Å². The van der Waals surface area contributed by atoms with E-state index < -0.39 is 5.91 Å². The zero-order valence-corrected chi connectivity index (χ0v) is 19.4. The maximum atomic E-state index is 13.2. The topological polar surface area (TPSA) is 151 Å². The molecule has 0 aliphatic heterocycles. The Morgan fingerprint density at radius 3 is 2.62 bits per heavy atom. The van der Waals surface area contributed by atoms with Crippen molar-refractivity contribution in [1.82, 2.24) is 19.7 Å². The van der Waals surface area contributed by atoms with Crippen molar-refractivity contribution in [2.75, 3.05) is 12.4 Å². The second-order valence-electron chi connectivity index (χ2n) is 7.65. The normalized spacial score (nSPS) is 10.9. The first kappa shape index (κ1) is 23.1. The van der Waals surface area contributed by atoms with Crippen LogP contribution >= 0.6 is 0 Å². The summed E-state index contributed by atoms with van der Waals surface area (Å²) in [5.74, 6) is -0.213. The number of carbonyl (C=O) groups is 1. The number of para-hydroxylation sites is 2. The lowest BCUT2D eigenvalue weighted by atomic mass is 10.0. The van der Waals surface area contributed by atoms with Crippen molar-refractivity contribution in [3.05, 3.63) is 90.4 Å². The number of hydrogen-bond acceptors (Lipinski definition) is 9. The molecule has 0 bridgehead atoms. The lowest BCUT2D eigenvalue weighted by Gasteiger charge is -2.13. The smallest absolute Gasteiger partial charge is 0.259 e. The van der Waals surface area contributed by atoms with E-state index in [0.717, 1.165) is 0 Å². The molecule has 0 aliphatic carbocycles. The van der Waals surface area contributed by atoms with Crippen LogP contribution in [0.4, 0.5) is 17.2 Å². The Balaban J connectivity index is 1.61. The van der Waals surface area contributed by atoms with E-state index in [4.69, 9.17) is 4.74 Å². The van der Waals surface area contributed by atoms with Crippen LogP contribution in [0.5, 0.6) is 11.5 Å². The Morgan fingerprint density at radius 2 is 1.84 bits per heavy atom. The van der Waals surface area contributed by atoms with Crippen LogP contribution in [0.3, 0.4) is 0 Å². The maximum absolute atomic E-state index is 13.2. The highest BCUT2D eigenvalue weighted by molar-refractivity contribution is 6.12. The third-order valence-corrected chi connectivity index (χ3v) is 5.45. The van der Waals surface area contributed by atoms with Crippen molar-refractivity contribution < 1.29 is 14.6 Å². The first-order valence-electron chi connectivity index (χ1n) is 11.0. The lowest BCUT2D eigenvalue weighted by Crippen LogP contribution is -2.13. The van der Waals surface area contributed by atoms with Gasteiger partial charge in [-0.2, -0.15) is 15.0 Å². The van der Waals surface area contributed by atoms with Crippen LogP contribution in [0.2, 0.25) is 0 Å². The van der Waals surface area contributed by atoms with Gasteiger partial charge >= 0.3 is 0 Å². The maximum Gasteiger partial charge on any atom is 0.259 e. The Morgan fingerprint density at radius 1 is 1.08 bits per heavy atom. The average molecular weight is 490 g/mol. The molecule has 11 nitrogen and oxygen atoms in total. The van der Waals surface area contributed by atoms with Crippen LogP contribution in [0.15, 0.2) is 89.5 Å². The van der Waals surface area contributed by atoms with Crippen molar-refractivity contribution in [3.63, 3.8) is 0 Å². The standard InChI is InChI=1S/C26H18N8O3/c1-37-21-10-5-4-9-20(21)31-25(36)19-13-16-7-2-3-8-18(16)22(23(19)35)32-33-24-17(14-27)15-30-34(24)26-28-11-6-12-29-26/h2-13,15,35H,1H3,(H,31,36). The number of methoxy groups -OCH3 is 1. The quantitative estimate of drug-likeness (QED) is 0.315. The number of nitriles is 1. The number of ether oxygens (including phenoxy) is 1. The first-order chi connectivity index (χ1) is 18.1. The van der Waals surface area contributed by atoms with Crippen LogP contribution in [0, 0.1) is 11.3 Å². The van der Waals surface area contributed by atoms with Gasteiger partial charge in [0.2, 0.25) is 0 Å². The van der Waals surface area contributed by atoms with Crippen LogP contribution in [-0.4, -0.2) is 37.9 Å². The Hall–Kier alpha value is -5.63. The van der Waals surface area contributed by atoms with Crippen molar-refractivity contribution in [1.29, 1.82) is 5.26 Å². The number of carbonyl (C=O) groups excluding carboxylic acids is 1. The highest BCUT2D eigenvalue weighted by Crippen LogP contribution is 2.40. The van der Waals surface area contributed by atoms with E-state index in [-0.39, 0.29) is 34.3 Å². The van der Waals surface area contributed by atoms with E-state index in [0.29, 0.717) is 22.2 Å². The van der Waals surface area contributed by atoms with Gasteiger partial charge < -0.3 is 15.2 Å². The number of hydrogen-bond donors (Lipinski definition) is 2. The molecule has 0 radical (unpaired) electrons. The number of aromatic nitrogens is 4. The summed E-state index contributed by atoms with van der Waals surface area (Å²) in [7, 11) is 1.50. The summed E-state index contributed by atoms with van der Waals surface area (Å²) >= 11 is 0. The Kier molecular flexibility index (Phi) is 6.21. The second-order valence-corrected chi connectivity index (χ2v) is 7.65. The molecule has 2 heterocycles. The van der Waals surface area contributed by atoms with E-state index in [9.17, 15) is 15.2 Å². The number of aromatic hydroxyl groups is 1. The lowest BCUT2D eigenvalue weighted by molar-refractivity contribution is 0.102. The minimum absolute atomic E-state index is 0.0148. The predicted octanol–water partition coefficient (Wildman–Crippen LogP) is 5.07. The third-order valence-electron chi connectivity index (χ3n) is 5.45.